The fourth-order valence-corrected chi connectivity index (χ4v) is 4.71. The SMILES string of the molecule is COC1(C(=O)N2CCCC(CN3CCCCCC3)C2)CCNCC1.Cl.Cl. The number of nitrogens with one attached hydrogen (secondary N) is 1. The minimum absolute atomic E-state index is 0. The van der Waals surface area contributed by atoms with Crippen molar-refractivity contribution in [2.75, 3.05) is 52.9 Å². The van der Waals surface area contributed by atoms with Gasteiger partial charge in [-0.05, 0) is 70.6 Å². The number of ether oxygens (including phenoxy) is 1. The second-order valence-electron chi connectivity index (χ2n) is 7.92. The van der Waals surface area contributed by atoms with E-state index in [1.165, 1.54) is 51.7 Å². The monoisotopic (exact) mass is 409 g/mol. The number of carbonyl (C=O) groups excluding carboxylic acids is 1. The first kappa shape index (κ1) is 24.0. The lowest BCUT2D eigenvalue weighted by Gasteiger charge is -2.42. The summed E-state index contributed by atoms with van der Waals surface area (Å²) < 4.78 is 5.75. The number of halogens is 2. The average Bonchev–Trinajstić information content (AvgIpc) is 2.90. The van der Waals surface area contributed by atoms with Crippen molar-refractivity contribution in [3.05, 3.63) is 0 Å². The molecule has 3 saturated heterocycles. The zero-order valence-electron chi connectivity index (χ0n) is 16.2. The van der Waals surface area contributed by atoms with Gasteiger partial charge in [0.15, 0.2) is 0 Å². The van der Waals surface area contributed by atoms with Gasteiger partial charge in [-0.25, -0.2) is 0 Å². The van der Waals surface area contributed by atoms with Crippen molar-refractivity contribution >= 4 is 30.7 Å². The molecule has 0 bridgehead atoms. The lowest BCUT2D eigenvalue weighted by molar-refractivity contribution is -0.160. The largest absolute Gasteiger partial charge is 0.368 e. The highest BCUT2D eigenvalue weighted by Gasteiger charge is 2.43. The fraction of sp³-hybridized carbons (Fsp3) is 0.947. The van der Waals surface area contributed by atoms with Crippen LogP contribution in [0.15, 0.2) is 0 Å². The molecule has 0 aliphatic carbocycles. The van der Waals surface area contributed by atoms with E-state index >= 15 is 0 Å². The van der Waals surface area contributed by atoms with Crippen LogP contribution in [0.3, 0.4) is 0 Å². The van der Waals surface area contributed by atoms with Crippen molar-refractivity contribution in [2.24, 2.45) is 5.92 Å². The normalized spacial score (nSPS) is 27.0. The molecule has 3 fully saturated rings. The van der Waals surface area contributed by atoms with Gasteiger partial charge in [0.05, 0.1) is 0 Å². The second kappa shape index (κ2) is 11.7. The predicted molar refractivity (Wildman–Crippen MR) is 111 cm³/mol. The molecule has 26 heavy (non-hydrogen) atoms. The molecule has 0 aromatic carbocycles. The number of carbonyl (C=O) groups is 1. The van der Waals surface area contributed by atoms with Crippen LogP contribution in [-0.2, 0) is 9.53 Å². The van der Waals surface area contributed by atoms with Crippen molar-refractivity contribution < 1.29 is 9.53 Å². The molecule has 3 rings (SSSR count). The van der Waals surface area contributed by atoms with Gasteiger partial charge < -0.3 is 19.9 Å². The van der Waals surface area contributed by atoms with Gasteiger partial charge in [0.25, 0.3) is 5.91 Å². The smallest absolute Gasteiger partial charge is 0.254 e. The van der Waals surface area contributed by atoms with Crippen LogP contribution in [0.1, 0.15) is 51.4 Å². The molecule has 1 unspecified atom stereocenters. The summed E-state index contributed by atoms with van der Waals surface area (Å²) in [6.07, 6.45) is 9.46. The molecule has 3 aliphatic rings. The van der Waals surface area contributed by atoms with Gasteiger partial charge in [-0.1, -0.05) is 12.8 Å². The zero-order chi connectivity index (χ0) is 16.8. The predicted octanol–water partition coefficient (Wildman–Crippen LogP) is 2.71. The van der Waals surface area contributed by atoms with Gasteiger partial charge in [0.1, 0.15) is 5.60 Å². The third-order valence-electron chi connectivity index (χ3n) is 6.21. The van der Waals surface area contributed by atoms with Crippen LogP contribution in [0.2, 0.25) is 0 Å². The molecule has 3 heterocycles. The van der Waals surface area contributed by atoms with E-state index in [1.54, 1.807) is 7.11 Å². The number of nitrogens with zero attached hydrogens (tertiary/aromatic N) is 2. The number of piperidine rings is 2. The molecular weight excluding hydrogens is 373 g/mol. The maximum Gasteiger partial charge on any atom is 0.254 e. The molecule has 5 nitrogen and oxygen atoms in total. The van der Waals surface area contributed by atoms with E-state index in [0.717, 1.165) is 45.4 Å². The summed E-state index contributed by atoms with van der Waals surface area (Å²) in [5.41, 5.74) is -0.574. The van der Waals surface area contributed by atoms with Gasteiger partial charge in [-0.3, -0.25) is 4.79 Å². The fourth-order valence-electron chi connectivity index (χ4n) is 4.71. The van der Waals surface area contributed by atoms with Crippen molar-refractivity contribution in [1.29, 1.82) is 0 Å². The Bertz CT molecular complexity index is 412. The van der Waals surface area contributed by atoms with Gasteiger partial charge in [-0.15, -0.1) is 24.8 Å². The first-order valence-corrected chi connectivity index (χ1v) is 10.0. The summed E-state index contributed by atoms with van der Waals surface area (Å²) in [5.74, 6) is 0.878. The van der Waals surface area contributed by atoms with E-state index in [-0.39, 0.29) is 30.7 Å². The first-order valence-electron chi connectivity index (χ1n) is 10.0. The highest BCUT2D eigenvalue weighted by atomic mass is 35.5. The van der Waals surface area contributed by atoms with Crippen LogP contribution in [0, 0.1) is 5.92 Å². The minimum Gasteiger partial charge on any atom is -0.368 e. The summed E-state index contributed by atoms with van der Waals surface area (Å²) in [6.45, 7) is 7.26. The second-order valence-corrected chi connectivity index (χ2v) is 7.92. The van der Waals surface area contributed by atoms with Crippen LogP contribution in [0.4, 0.5) is 0 Å². The van der Waals surface area contributed by atoms with Crippen LogP contribution >= 0.6 is 24.8 Å². The Kier molecular flexibility index (Phi) is 10.8. The Morgan fingerprint density at radius 2 is 1.69 bits per heavy atom. The molecule has 0 saturated carbocycles. The van der Waals surface area contributed by atoms with Crippen molar-refractivity contribution in [3.63, 3.8) is 0 Å². The molecule has 0 aromatic heterocycles. The molecule has 0 aromatic rings. The summed E-state index contributed by atoms with van der Waals surface area (Å²) in [4.78, 5) is 17.9. The van der Waals surface area contributed by atoms with Crippen LogP contribution in [0.5, 0.6) is 0 Å². The van der Waals surface area contributed by atoms with E-state index in [1.807, 2.05) is 0 Å². The third-order valence-corrected chi connectivity index (χ3v) is 6.21. The number of methoxy groups -OCH3 is 1. The van der Waals surface area contributed by atoms with E-state index < -0.39 is 5.60 Å². The minimum atomic E-state index is -0.574. The highest BCUT2D eigenvalue weighted by molar-refractivity contribution is 5.86. The van der Waals surface area contributed by atoms with Crippen molar-refractivity contribution in [3.8, 4) is 0 Å². The summed E-state index contributed by atoms with van der Waals surface area (Å²) in [6, 6.07) is 0. The zero-order valence-corrected chi connectivity index (χ0v) is 17.8. The summed E-state index contributed by atoms with van der Waals surface area (Å²) in [5, 5.41) is 3.34. The number of hydrogen-bond donors (Lipinski definition) is 1. The maximum atomic E-state index is 13.2. The van der Waals surface area contributed by atoms with Crippen molar-refractivity contribution in [2.45, 2.75) is 57.0 Å². The van der Waals surface area contributed by atoms with Gasteiger partial charge in [0, 0.05) is 26.7 Å². The lowest BCUT2D eigenvalue weighted by atomic mass is 9.88. The molecule has 0 spiro atoms. The first-order chi connectivity index (χ1) is 11.7. The molecule has 0 radical (unpaired) electrons. The van der Waals surface area contributed by atoms with Crippen molar-refractivity contribution in [1.82, 2.24) is 15.1 Å². The highest BCUT2D eigenvalue weighted by Crippen LogP contribution is 2.28. The standard InChI is InChI=1S/C19H35N3O2.2ClH/c1-24-19(8-10-20-11-9-19)18(23)22-14-6-7-17(16-22)15-21-12-4-2-3-5-13-21;;/h17,20H,2-16H2,1H3;2*1H. The molecule has 1 atom stereocenters. The average molecular weight is 410 g/mol. The van der Waals surface area contributed by atoms with Crippen LogP contribution in [-0.4, -0.2) is 74.2 Å². The van der Waals surface area contributed by atoms with E-state index in [4.69, 9.17) is 4.74 Å². The Morgan fingerprint density at radius 1 is 1.04 bits per heavy atom. The van der Waals surface area contributed by atoms with Crippen LogP contribution in [0.25, 0.3) is 0 Å². The Hall–Kier alpha value is -0.0700. The molecule has 3 aliphatic heterocycles. The molecule has 1 amide bonds. The number of likely N-dealkylation sites (tertiary alicyclic amines) is 2. The lowest BCUT2D eigenvalue weighted by Crippen LogP contribution is -2.57. The van der Waals surface area contributed by atoms with E-state index in [0.29, 0.717) is 5.92 Å². The molecular formula is C19H37Cl2N3O2. The molecule has 154 valence electrons. The molecule has 1 N–H and O–H groups in total. The van der Waals surface area contributed by atoms with Crippen LogP contribution < -0.4 is 5.32 Å². The Balaban J connectivity index is 0.00000169. The summed E-state index contributed by atoms with van der Waals surface area (Å²) in [7, 11) is 1.71. The number of amides is 1. The van der Waals surface area contributed by atoms with Gasteiger partial charge in [0.2, 0.25) is 0 Å². The maximum absolute atomic E-state index is 13.2. The Labute approximate surface area is 171 Å². The van der Waals surface area contributed by atoms with E-state index in [2.05, 4.69) is 15.1 Å². The Morgan fingerprint density at radius 3 is 2.31 bits per heavy atom. The number of hydrogen-bond acceptors (Lipinski definition) is 4. The third kappa shape index (κ3) is 5.96. The number of rotatable bonds is 4. The summed E-state index contributed by atoms with van der Waals surface area (Å²) >= 11 is 0. The topological polar surface area (TPSA) is 44.8 Å². The molecule has 7 heteroatoms. The quantitative estimate of drug-likeness (QED) is 0.774. The van der Waals surface area contributed by atoms with Gasteiger partial charge in [-0.2, -0.15) is 0 Å². The van der Waals surface area contributed by atoms with E-state index in [9.17, 15) is 4.79 Å². The van der Waals surface area contributed by atoms with Gasteiger partial charge >= 0.3 is 0 Å².